The molecule has 0 aliphatic carbocycles. The van der Waals surface area contributed by atoms with Crippen molar-refractivity contribution in [3.63, 3.8) is 0 Å². The molecular weight excluding hydrogens is 218 g/mol. The van der Waals surface area contributed by atoms with Gasteiger partial charge in [-0.3, -0.25) is 9.78 Å². The third-order valence-electron chi connectivity index (χ3n) is 2.27. The van der Waals surface area contributed by atoms with Gasteiger partial charge in [0.1, 0.15) is 5.76 Å². The summed E-state index contributed by atoms with van der Waals surface area (Å²) in [5.41, 5.74) is 1.40. The van der Waals surface area contributed by atoms with Gasteiger partial charge in [-0.2, -0.15) is 0 Å². The highest BCUT2D eigenvalue weighted by molar-refractivity contribution is 5.93. The predicted octanol–water partition coefficient (Wildman–Crippen LogP) is 1.35. The first-order chi connectivity index (χ1) is 8.25. The second-order valence-electron chi connectivity index (χ2n) is 3.68. The Kier molecular flexibility index (Phi) is 3.49. The molecule has 0 saturated carbocycles. The highest BCUT2D eigenvalue weighted by atomic mass is 16.5. The molecule has 0 fully saturated rings. The number of aromatic nitrogens is 2. The maximum absolute atomic E-state index is 11.6. The molecule has 5 heteroatoms. The van der Waals surface area contributed by atoms with Crippen LogP contribution in [0.3, 0.4) is 0 Å². The number of rotatable bonds is 4. The Balaban J connectivity index is 1.81. The van der Waals surface area contributed by atoms with Crippen molar-refractivity contribution in [3.8, 4) is 0 Å². The highest BCUT2D eigenvalue weighted by Gasteiger charge is 2.05. The third kappa shape index (κ3) is 3.14. The molecule has 88 valence electrons. The van der Waals surface area contributed by atoms with Crippen molar-refractivity contribution in [1.29, 1.82) is 0 Å². The summed E-state index contributed by atoms with van der Waals surface area (Å²) in [5, 5.41) is 6.64. The average Bonchev–Trinajstić information content (AvgIpc) is 2.76. The minimum Gasteiger partial charge on any atom is -0.361 e. The smallest absolute Gasteiger partial charge is 0.252 e. The fraction of sp³-hybridized carbons (Fsp3) is 0.250. The monoisotopic (exact) mass is 231 g/mol. The molecule has 0 aliphatic heterocycles. The Morgan fingerprint density at radius 1 is 1.53 bits per heavy atom. The molecule has 2 heterocycles. The second kappa shape index (κ2) is 5.25. The average molecular weight is 231 g/mol. The van der Waals surface area contributed by atoms with E-state index < -0.39 is 0 Å². The van der Waals surface area contributed by atoms with Crippen LogP contribution in [0, 0.1) is 6.92 Å². The minimum absolute atomic E-state index is 0.127. The zero-order valence-electron chi connectivity index (χ0n) is 9.51. The molecule has 1 amide bonds. The van der Waals surface area contributed by atoms with E-state index in [1.807, 2.05) is 13.0 Å². The summed E-state index contributed by atoms with van der Waals surface area (Å²) in [7, 11) is 0. The van der Waals surface area contributed by atoms with Crippen LogP contribution < -0.4 is 5.32 Å². The van der Waals surface area contributed by atoms with Crippen molar-refractivity contribution in [1.82, 2.24) is 15.5 Å². The maximum atomic E-state index is 11.6. The molecule has 0 saturated heterocycles. The van der Waals surface area contributed by atoms with Crippen LogP contribution in [0.4, 0.5) is 0 Å². The normalized spacial score (nSPS) is 10.2. The van der Waals surface area contributed by atoms with Crippen molar-refractivity contribution in [2.24, 2.45) is 0 Å². The number of pyridine rings is 1. The molecule has 0 unspecified atom stereocenters. The van der Waals surface area contributed by atoms with Gasteiger partial charge in [0.05, 0.1) is 11.3 Å². The van der Waals surface area contributed by atoms with Gasteiger partial charge in [0.2, 0.25) is 0 Å². The molecule has 17 heavy (non-hydrogen) atoms. The number of carbonyl (C=O) groups is 1. The standard InChI is InChI=1S/C12H13N3O2/c1-9-7-11(15-17-9)4-6-14-12(16)10-3-2-5-13-8-10/h2-3,5,7-8H,4,6H2,1H3,(H,14,16). The zero-order chi connectivity index (χ0) is 12.1. The molecule has 0 bridgehead atoms. The van der Waals surface area contributed by atoms with E-state index in [4.69, 9.17) is 4.52 Å². The number of hydrogen-bond acceptors (Lipinski definition) is 4. The summed E-state index contributed by atoms with van der Waals surface area (Å²) in [6, 6.07) is 5.31. The summed E-state index contributed by atoms with van der Waals surface area (Å²) >= 11 is 0. The number of nitrogens with zero attached hydrogens (tertiary/aromatic N) is 2. The fourth-order valence-electron chi connectivity index (χ4n) is 1.44. The molecule has 0 radical (unpaired) electrons. The Bertz CT molecular complexity index is 493. The lowest BCUT2D eigenvalue weighted by molar-refractivity contribution is 0.0953. The van der Waals surface area contributed by atoms with Crippen LogP contribution in [0.1, 0.15) is 21.8 Å². The molecule has 0 spiro atoms. The first-order valence-electron chi connectivity index (χ1n) is 5.36. The van der Waals surface area contributed by atoms with Gasteiger partial charge in [-0.25, -0.2) is 0 Å². The Hall–Kier alpha value is -2.17. The van der Waals surface area contributed by atoms with Crippen LogP contribution in [0.5, 0.6) is 0 Å². The zero-order valence-corrected chi connectivity index (χ0v) is 9.51. The van der Waals surface area contributed by atoms with Gasteiger partial charge >= 0.3 is 0 Å². The fourth-order valence-corrected chi connectivity index (χ4v) is 1.44. The van der Waals surface area contributed by atoms with Gasteiger partial charge in [-0.05, 0) is 19.1 Å². The number of aryl methyl sites for hydroxylation is 1. The van der Waals surface area contributed by atoms with E-state index in [-0.39, 0.29) is 5.91 Å². The van der Waals surface area contributed by atoms with E-state index >= 15 is 0 Å². The van der Waals surface area contributed by atoms with Crippen LogP contribution in [0.25, 0.3) is 0 Å². The predicted molar refractivity (Wildman–Crippen MR) is 61.5 cm³/mol. The van der Waals surface area contributed by atoms with Crippen molar-refractivity contribution in [3.05, 3.63) is 47.6 Å². The topological polar surface area (TPSA) is 68.0 Å². The number of carbonyl (C=O) groups excluding carboxylic acids is 1. The van der Waals surface area contributed by atoms with Crippen molar-refractivity contribution >= 4 is 5.91 Å². The molecule has 0 aromatic carbocycles. The molecule has 2 rings (SSSR count). The molecular formula is C12H13N3O2. The first-order valence-corrected chi connectivity index (χ1v) is 5.36. The van der Waals surface area contributed by atoms with Crippen LogP contribution >= 0.6 is 0 Å². The van der Waals surface area contributed by atoms with E-state index in [9.17, 15) is 4.79 Å². The van der Waals surface area contributed by atoms with Gasteiger partial charge in [0, 0.05) is 31.4 Å². The largest absolute Gasteiger partial charge is 0.361 e. The van der Waals surface area contributed by atoms with Crippen molar-refractivity contribution in [2.45, 2.75) is 13.3 Å². The van der Waals surface area contributed by atoms with E-state index in [1.165, 1.54) is 6.20 Å². The molecule has 1 N–H and O–H groups in total. The summed E-state index contributed by atoms with van der Waals surface area (Å²) in [6.07, 6.45) is 3.83. The minimum atomic E-state index is -0.127. The Morgan fingerprint density at radius 2 is 2.41 bits per heavy atom. The molecule has 0 atom stereocenters. The lowest BCUT2D eigenvalue weighted by Crippen LogP contribution is -2.25. The van der Waals surface area contributed by atoms with E-state index in [0.717, 1.165) is 11.5 Å². The molecule has 2 aromatic rings. The molecule has 5 nitrogen and oxygen atoms in total. The van der Waals surface area contributed by atoms with Gasteiger partial charge in [0.15, 0.2) is 0 Å². The number of hydrogen-bond donors (Lipinski definition) is 1. The van der Waals surface area contributed by atoms with Crippen molar-refractivity contribution < 1.29 is 9.32 Å². The Labute approximate surface area is 98.8 Å². The van der Waals surface area contributed by atoms with E-state index in [2.05, 4.69) is 15.5 Å². The highest BCUT2D eigenvalue weighted by Crippen LogP contribution is 2.01. The summed E-state index contributed by atoms with van der Waals surface area (Å²) in [4.78, 5) is 15.5. The molecule has 2 aromatic heterocycles. The maximum Gasteiger partial charge on any atom is 0.252 e. The van der Waals surface area contributed by atoms with Crippen molar-refractivity contribution in [2.75, 3.05) is 6.54 Å². The van der Waals surface area contributed by atoms with Crippen LogP contribution in [0.2, 0.25) is 0 Å². The van der Waals surface area contributed by atoms with Crippen LogP contribution in [-0.2, 0) is 6.42 Å². The van der Waals surface area contributed by atoms with Gasteiger partial charge in [-0.1, -0.05) is 5.16 Å². The van der Waals surface area contributed by atoms with E-state index in [1.54, 1.807) is 18.3 Å². The van der Waals surface area contributed by atoms with E-state index in [0.29, 0.717) is 18.5 Å². The third-order valence-corrected chi connectivity index (χ3v) is 2.27. The van der Waals surface area contributed by atoms with Gasteiger partial charge < -0.3 is 9.84 Å². The lowest BCUT2D eigenvalue weighted by Gasteiger charge is -2.02. The summed E-state index contributed by atoms with van der Waals surface area (Å²) in [6.45, 7) is 2.37. The SMILES string of the molecule is Cc1cc(CCNC(=O)c2cccnc2)no1. The first kappa shape index (κ1) is 11.3. The summed E-state index contributed by atoms with van der Waals surface area (Å²) < 4.78 is 4.93. The second-order valence-corrected chi connectivity index (χ2v) is 3.68. The van der Waals surface area contributed by atoms with Gasteiger partial charge in [0.25, 0.3) is 5.91 Å². The number of amides is 1. The van der Waals surface area contributed by atoms with Gasteiger partial charge in [-0.15, -0.1) is 0 Å². The quantitative estimate of drug-likeness (QED) is 0.862. The van der Waals surface area contributed by atoms with Crippen LogP contribution in [-0.4, -0.2) is 22.6 Å². The Morgan fingerprint density at radius 3 is 3.06 bits per heavy atom. The molecule has 0 aliphatic rings. The van der Waals surface area contributed by atoms with Crippen LogP contribution in [0.15, 0.2) is 35.1 Å². The lowest BCUT2D eigenvalue weighted by atomic mass is 10.2. The summed E-state index contributed by atoms with van der Waals surface area (Å²) in [5.74, 6) is 0.650. The number of nitrogens with one attached hydrogen (secondary N) is 1.